The Hall–Kier alpha value is -4.29. The minimum Gasteiger partial charge on any atom is -0.308 e. The molecule has 184 valence electrons. The Morgan fingerprint density at radius 1 is 0.946 bits per heavy atom. The van der Waals surface area contributed by atoms with Crippen molar-refractivity contribution >= 4 is 23.3 Å². The van der Waals surface area contributed by atoms with Gasteiger partial charge in [0.25, 0.3) is 0 Å². The summed E-state index contributed by atoms with van der Waals surface area (Å²) >= 11 is 6.20. The van der Waals surface area contributed by atoms with Crippen molar-refractivity contribution < 1.29 is 4.79 Å². The molecule has 0 radical (unpaired) electrons. The number of benzene rings is 3. The van der Waals surface area contributed by atoms with Crippen LogP contribution in [0.25, 0.3) is 11.5 Å². The van der Waals surface area contributed by atoms with Gasteiger partial charge in [0, 0.05) is 22.5 Å². The van der Waals surface area contributed by atoms with E-state index in [0.29, 0.717) is 17.3 Å². The van der Waals surface area contributed by atoms with Crippen LogP contribution < -0.4 is 5.32 Å². The van der Waals surface area contributed by atoms with Crippen molar-refractivity contribution in [1.29, 1.82) is 0 Å². The van der Waals surface area contributed by atoms with Crippen LogP contribution in [0.3, 0.4) is 0 Å². The van der Waals surface area contributed by atoms with Gasteiger partial charge >= 0.3 is 6.03 Å². The van der Waals surface area contributed by atoms with Gasteiger partial charge in [-0.15, -0.1) is 0 Å². The van der Waals surface area contributed by atoms with E-state index >= 15 is 0 Å². The van der Waals surface area contributed by atoms with Crippen LogP contribution in [-0.2, 0) is 6.54 Å². The third-order valence-electron chi connectivity index (χ3n) is 6.78. The maximum atomic E-state index is 14.0. The van der Waals surface area contributed by atoms with Crippen molar-refractivity contribution in [3.8, 4) is 11.5 Å². The minimum atomic E-state index is -0.315. The Bertz CT molecular complexity index is 1600. The highest BCUT2D eigenvalue weighted by molar-refractivity contribution is 6.30. The summed E-state index contributed by atoms with van der Waals surface area (Å²) in [6.07, 6.45) is 2.05. The number of nitrogens with one attached hydrogen (secondary N) is 1. The molecule has 0 saturated heterocycles. The molecule has 0 saturated carbocycles. The van der Waals surface area contributed by atoms with Crippen LogP contribution in [0.4, 0.5) is 10.5 Å². The van der Waals surface area contributed by atoms with E-state index in [4.69, 9.17) is 16.7 Å². The lowest BCUT2D eigenvalue weighted by Crippen LogP contribution is -2.38. The van der Waals surface area contributed by atoms with E-state index in [1.165, 1.54) is 0 Å². The second-order valence-corrected chi connectivity index (χ2v) is 9.76. The highest BCUT2D eigenvalue weighted by Gasteiger charge is 2.36. The van der Waals surface area contributed by atoms with Crippen molar-refractivity contribution in [3.63, 3.8) is 0 Å². The Balaban J connectivity index is 1.54. The summed E-state index contributed by atoms with van der Waals surface area (Å²) in [5.41, 5.74) is 6.67. The molecule has 1 N–H and O–H groups in total. The standard InChI is InChI=1S/C30H26ClN5O/c1-20-9-6-10-22(17-20)28-27-15-8-16-34(27)29-26(21(2)33-36(29)25-13-4-3-5-14-25)19-35(28)30(37)32-24-12-7-11-23(31)18-24/h3-18,28H,19H2,1-2H3,(H,32,37)/t28-/m1/s1. The fourth-order valence-electron chi connectivity index (χ4n) is 5.10. The number of carbonyl (C=O) groups excluding carboxylic acids is 1. The van der Waals surface area contributed by atoms with E-state index in [-0.39, 0.29) is 12.1 Å². The van der Waals surface area contributed by atoms with Crippen LogP contribution in [-0.4, -0.2) is 25.3 Å². The zero-order valence-corrected chi connectivity index (χ0v) is 21.4. The number of amides is 2. The predicted octanol–water partition coefficient (Wildman–Crippen LogP) is 7.07. The zero-order valence-electron chi connectivity index (χ0n) is 20.6. The lowest BCUT2D eigenvalue weighted by molar-refractivity contribution is 0.194. The molecule has 37 heavy (non-hydrogen) atoms. The minimum absolute atomic E-state index is 0.207. The Morgan fingerprint density at radius 2 is 1.76 bits per heavy atom. The first-order chi connectivity index (χ1) is 18.0. The molecule has 1 aliphatic rings. The molecule has 0 aliphatic carbocycles. The van der Waals surface area contributed by atoms with Crippen molar-refractivity contribution in [2.24, 2.45) is 0 Å². The highest BCUT2D eigenvalue weighted by Crippen LogP contribution is 2.39. The molecule has 0 bridgehead atoms. The summed E-state index contributed by atoms with van der Waals surface area (Å²) in [4.78, 5) is 15.9. The van der Waals surface area contributed by atoms with Gasteiger partial charge in [0.15, 0.2) is 0 Å². The second-order valence-electron chi connectivity index (χ2n) is 9.32. The molecule has 3 aromatic carbocycles. The van der Waals surface area contributed by atoms with Crippen LogP contribution in [0, 0.1) is 13.8 Å². The number of para-hydroxylation sites is 1. The van der Waals surface area contributed by atoms with E-state index < -0.39 is 0 Å². The number of hydrogen-bond acceptors (Lipinski definition) is 2. The van der Waals surface area contributed by atoms with Crippen molar-refractivity contribution in [1.82, 2.24) is 19.2 Å². The molecule has 6 nitrogen and oxygen atoms in total. The molecular formula is C30H26ClN5O. The molecule has 0 fully saturated rings. The number of halogens is 1. The van der Waals surface area contributed by atoms with Crippen LogP contribution in [0.2, 0.25) is 5.02 Å². The third kappa shape index (κ3) is 4.19. The van der Waals surface area contributed by atoms with Gasteiger partial charge in [0.1, 0.15) is 5.82 Å². The summed E-state index contributed by atoms with van der Waals surface area (Å²) in [7, 11) is 0. The van der Waals surface area contributed by atoms with Crippen LogP contribution in [0.15, 0.2) is 97.2 Å². The van der Waals surface area contributed by atoms with Gasteiger partial charge in [-0.05, 0) is 61.9 Å². The van der Waals surface area contributed by atoms with E-state index in [0.717, 1.165) is 39.6 Å². The Morgan fingerprint density at radius 3 is 2.54 bits per heavy atom. The number of carbonyl (C=O) groups is 1. The fraction of sp³-hybridized carbons (Fsp3) is 0.133. The first-order valence-electron chi connectivity index (χ1n) is 12.2. The number of anilines is 1. The number of aromatic nitrogens is 3. The van der Waals surface area contributed by atoms with Gasteiger partial charge in [-0.2, -0.15) is 5.10 Å². The van der Waals surface area contributed by atoms with E-state index in [1.807, 2.05) is 71.1 Å². The van der Waals surface area contributed by atoms with Gasteiger partial charge in [0.2, 0.25) is 0 Å². The smallest absolute Gasteiger partial charge is 0.308 e. The van der Waals surface area contributed by atoms with Crippen molar-refractivity contribution in [2.75, 3.05) is 5.32 Å². The van der Waals surface area contributed by atoms with E-state index in [2.05, 4.69) is 47.3 Å². The lowest BCUT2D eigenvalue weighted by Gasteiger charge is -2.31. The summed E-state index contributed by atoms with van der Waals surface area (Å²) in [5.74, 6) is 0.944. The van der Waals surface area contributed by atoms with Gasteiger partial charge in [-0.1, -0.05) is 65.7 Å². The van der Waals surface area contributed by atoms with Crippen LogP contribution in [0.1, 0.15) is 34.1 Å². The molecule has 0 unspecified atom stereocenters. The molecular weight excluding hydrogens is 482 g/mol. The number of hydrogen-bond donors (Lipinski definition) is 1. The summed E-state index contributed by atoms with van der Waals surface area (Å²) in [6, 6.07) is 29.2. The summed E-state index contributed by atoms with van der Waals surface area (Å²) < 4.78 is 4.14. The van der Waals surface area contributed by atoms with Gasteiger partial charge in [-0.3, -0.25) is 0 Å². The van der Waals surface area contributed by atoms with Gasteiger partial charge in [0.05, 0.1) is 29.7 Å². The van der Waals surface area contributed by atoms with Crippen LogP contribution >= 0.6 is 11.6 Å². The van der Waals surface area contributed by atoms with Crippen molar-refractivity contribution in [3.05, 3.63) is 130 Å². The molecule has 0 spiro atoms. The quantitative estimate of drug-likeness (QED) is 0.284. The highest BCUT2D eigenvalue weighted by atomic mass is 35.5. The zero-order chi connectivity index (χ0) is 25.5. The fourth-order valence-corrected chi connectivity index (χ4v) is 5.29. The Labute approximate surface area is 220 Å². The SMILES string of the molecule is Cc1cccc([C@@H]2c3cccn3-c3c(c(C)nn3-c3ccccc3)CN2C(=O)Nc2cccc(Cl)c2)c1. The largest absolute Gasteiger partial charge is 0.322 e. The van der Waals surface area contributed by atoms with Gasteiger partial charge < -0.3 is 14.8 Å². The normalized spacial score (nSPS) is 14.6. The molecule has 1 atom stereocenters. The summed E-state index contributed by atoms with van der Waals surface area (Å²) in [6.45, 7) is 4.46. The number of urea groups is 1. The molecule has 3 heterocycles. The third-order valence-corrected chi connectivity index (χ3v) is 7.02. The monoisotopic (exact) mass is 507 g/mol. The van der Waals surface area contributed by atoms with Gasteiger partial charge in [-0.25, -0.2) is 9.48 Å². The molecule has 2 aromatic heterocycles. The maximum Gasteiger partial charge on any atom is 0.322 e. The first-order valence-corrected chi connectivity index (χ1v) is 12.6. The van der Waals surface area contributed by atoms with Crippen LogP contribution in [0.5, 0.6) is 0 Å². The average molecular weight is 508 g/mol. The number of fused-ring (bicyclic) bond motifs is 3. The second kappa shape index (κ2) is 9.30. The Kier molecular flexibility index (Phi) is 5.81. The van der Waals surface area contributed by atoms with Crippen molar-refractivity contribution in [2.45, 2.75) is 26.4 Å². The molecule has 6 rings (SSSR count). The topological polar surface area (TPSA) is 55.1 Å². The first kappa shape index (κ1) is 23.1. The molecule has 5 aromatic rings. The number of rotatable bonds is 3. The molecule has 7 heteroatoms. The maximum absolute atomic E-state index is 14.0. The van der Waals surface area contributed by atoms with E-state index in [9.17, 15) is 4.79 Å². The number of nitrogens with zero attached hydrogens (tertiary/aromatic N) is 4. The predicted molar refractivity (Wildman–Crippen MR) is 147 cm³/mol. The summed E-state index contributed by atoms with van der Waals surface area (Å²) in [5, 5.41) is 8.55. The molecule has 1 aliphatic heterocycles. The number of aryl methyl sites for hydroxylation is 2. The lowest BCUT2D eigenvalue weighted by atomic mass is 10.00. The average Bonchev–Trinajstić information content (AvgIpc) is 3.45. The van der Waals surface area contributed by atoms with E-state index in [1.54, 1.807) is 12.1 Å². The molecule has 2 amide bonds.